The molecule has 3 rings (SSSR count). The molecule has 0 aromatic heterocycles. The first kappa shape index (κ1) is 24.3. The van der Waals surface area contributed by atoms with Gasteiger partial charge in [-0.25, -0.2) is 0 Å². The van der Waals surface area contributed by atoms with Crippen LogP contribution in [0.2, 0.25) is 0 Å². The van der Waals surface area contributed by atoms with E-state index in [1.807, 2.05) is 12.1 Å². The summed E-state index contributed by atoms with van der Waals surface area (Å²) in [4.78, 5) is 0. The summed E-state index contributed by atoms with van der Waals surface area (Å²) in [6.45, 7) is 7.13. The minimum atomic E-state index is 0. The van der Waals surface area contributed by atoms with E-state index < -0.39 is 0 Å². The van der Waals surface area contributed by atoms with Gasteiger partial charge in [-0.1, -0.05) is 25.7 Å². The van der Waals surface area contributed by atoms with Crippen molar-refractivity contribution in [1.82, 2.24) is 0 Å². The smallest absolute Gasteiger partial charge is 0.346 e. The average molecular weight is 462 g/mol. The van der Waals surface area contributed by atoms with E-state index in [0.29, 0.717) is 0 Å². The van der Waals surface area contributed by atoms with Crippen molar-refractivity contribution in [3.8, 4) is 11.1 Å². The minimum absolute atomic E-state index is 0. The van der Waals surface area contributed by atoms with Crippen molar-refractivity contribution in [1.29, 1.82) is 0 Å². The molecule has 0 unspecified atom stereocenters. The number of hydrogen-bond acceptors (Lipinski definition) is 0. The van der Waals surface area contributed by atoms with Crippen molar-refractivity contribution in [2.24, 2.45) is 0 Å². The molecule has 0 spiro atoms. The van der Waals surface area contributed by atoms with Crippen LogP contribution in [0.15, 0.2) is 30.3 Å². The first-order valence-electron chi connectivity index (χ1n) is 8.40. The third-order valence-corrected chi connectivity index (χ3v) is 4.20. The molecular formula is C22H26HoLi-3. The van der Waals surface area contributed by atoms with Gasteiger partial charge in [-0.15, -0.1) is 11.1 Å². The quantitative estimate of drug-likeness (QED) is 0.374. The molecule has 0 N–H and O–H groups in total. The topological polar surface area (TPSA) is 0 Å². The Morgan fingerprint density at radius 1 is 1.08 bits per heavy atom. The molecule has 24 heavy (non-hydrogen) atoms. The van der Waals surface area contributed by atoms with Crippen LogP contribution >= 0.6 is 0 Å². The molecule has 2 aromatic carbocycles. The molecule has 0 fully saturated rings. The molecule has 0 aliphatic heterocycles. The summed E-state index contributed by atoms with van der Waals surface area (Å²) in [6.07, 6.45) is 9.66. The zero-order valence-electron chi connectivity index (χ0n) is 15.2. The van der Waals surface area contributed by atoms with Gasteiger partial charge >= 0.3 is 18.9 Å². The van der Waals surface area contributed by atoms with Crippen LogP contribution in [0, 0.1) is 63.2 Å². The second-order valence-corrected chi connectivity index (χ2v) is 5.61. The summed E-state index contributed by atoms with van der Waals surface area (Å²) < 4.78 is 0. The molecule has 0 nitrogen and oxygen atoms in total. The van der Waals surface area contributed by atoms with Gasteiger partial charge in [0.2, 0.25) is 0 Å². The Hall–Kier alpha value is 0.297. The van der Waals surface area contributed by atoms with E-state index in [9.17, 15) is 0 Å². The average Bonchev–Trinajstić information content (AvgIpc) is 2.83. The Morgan fingerprint density at radius 2 is 1.75 bits per heavy atom. The summed E-state index contributed by atoms with van der Waals surface area (Å²) in [6, 6.07) is 17.3. The molecule has 0 atom stereocenters. The Labute approximate surface area is 191 Å². The Kier molecular flexibility index (Phi) is 13.7. The predicted octanol–water partition coefficient (Wildman–Crippen LogP) is 2.83. The van der Waals surface area contributed by atoms with E-state index >= 15 is 0 Å². The Morgan fingerprint density at radius 3 is 2.42 bits per heavy atom. The number of benzene rings is 2. The van der Waals surface area contributed by atoms with E-state index in [2.05, 4.69) is 50.6 Å². The second-order valence-electron chi connectivity index (χ2n) is 5.61. The first-order valence-corrected chi connectivity index (χ1v) is 8.40. The van der Waals surface area contributed by atoms with Crippen molar-refractivity contribution >= 4 is 0 Å². The van der Waals surface area contributed by atoms with Gasteiger partial charge in [0.05, 0.1) is 0 Å². The van der Waals surface area contributed by atoms with Gasteiger partial charge in [0, 0.05) is 37.7 Å². The zero-order valence-corrected chi connectivity index (χ0v) is 17.1. The van der Waals surface area contributed by atoms with Crippen molar-refractivity contribution in [2.45, 2.75) is 52.4 Å². The summed E-state index contributed by atoms with van der Waals surface area (Å²) in [5.74, 6) is 0. The molecule has 0 amide bonds. The van der Waals surface area contributed by atoms with Crippen LogP contribution in [0.4, 0.5) is 0 Å². The van der Waals surface area contributed by atoms with Crippen LogP contribution in [-0.2, 0) is 19.3 Å². The van der Waals surface area contributed by atoms with Crippen molar-refractivity contribution in [3.63, 3.8) is 0 Å². The van der Waals surface area contributed by atoms with Gasteiger partial charge in [0.1, 0.15) is 0 Å². The summed E-state index contributed by atoms with van der Waals surface area (Å²) in [5, 5.41) is 0. The van der Waals surface area contributed by atoms with Gasteiger partial charge in [0.25, 0.3) is 0 Å². The first-order chi connectivity index (χ1) is 10.9. The van der Waals surface area contributed by atoms with Gasteiger partial charge in [-0.2, -0.15) is 79.4 Å². The van der Waals surface area contributed by atoms with Crippen molar-refractivity contribution in [2.75, 3.05) is 0 Å². The molecule has 2 aromatic rings. The van der Waals surface area contributed by atoms with Crippen molar-refractivity contribution < 1.29 is 56.6 Å². The van der Waals surface area contributed by atoms with E-state index in [0.717, 1.165) is 6.42 Å². The molecule has 1 aliphatic carbocycles. The van der Waals surface area contributed by atoms with Crippen LogP contribution in [0.1, 0.15) is 49.8 Å². The van der Waals surface area contributed by atoms with Crippen LogP contribution in [0.3, 0.4) is 0 Å². The minimum Gasteiger partial charge on any atom is -0.346 e. The maximum atomic E-state index is 3.55. The predicted molar refractivity (Wildman–Crippen MR) is 95.5 cm³/mol. The number of hydrogen-bond donors (Lipinski definition) is 0. The number of aryl methyl sites for hydroxylation is 1. The molecule has 2 heteroatoms. The normalized spacial score (nSPS) is 12.5. The van der Waals surface area contributed by atoms with Crippen LogP contribution < -0.4 is 18.9 Å². The molecule has 1 radical (unpaired) electrons. The van der Waals surface area contributed by atoms with E-state index in [4.69, 9.17) is 0 Å². The van der Waals surface area contributed by atoms with E-state index in [1.165, 1.54) is 54.4 Å². The summed E-state index contributed by atoms with van der Waals surface area (Å²) in [7, 11) is 0. The van der Waals surface area contributed by atoms with E-state index in [-0.39, 0.29) is 56.6 Å². The number of rotatable bonds is 3. The van der Waals surface area contributed by atoms with Gasteiger partial charge < -0.3 is 13.3 Å². The molecule has 0 saturated carbocycles. The van der Waals surface area contributed by atoms with E-state index in [1.54, 1.807) is 12.5 Å². The van der Waals surface area contributed by atoms with Crippen LogP contribution in [-0.4, -0.2) is 0 Å². The van der Waals surface area contributed by atoms with Crippen molar-refractivity contribution in [3.05, 3.63) is 72.5 Å². The van der Waals surface area contributed by atoms with Gasteiger partial charge in [0.15, 0.2) is 0 Å². The molecule has 1 aliphatic rings. The fourth-order valence-corrected chi connectivity index (χ4v) is 3.25. The van der Waals surface area contributed by atoms with Crippen LogP contribution in [0.5, 0.6) is 0 Å². The van der Waals surface area contributed by atoms with Gasteiger partial charge in [-0.3, -0.25) is 0 Å². The third-order valence-electron chi connectivity index (χ3n) is 4.20. The Balaban J connectivity index is 0.00000128. The second kappa shape index (κ2) is 13.5. The summed E-state index contributed by atoms with van der Waals surface area (Å²) in [5.41, 5.74) is 7.21. The fourth-order valence-electron chi connectivity index (χ4n) is 3.25. The molecule has 0 bridgehead atoms. The van der Waals surface area contributed by atoms with Gasteiger partial charge in [-0.05, 0) is 6.42 Å². The zero-order chi connectivity index (χ0) is 15.8. The maximum absolute atomic E-state index is 3.55. The maximum Gasteiger partial charge on any atom is 1.00 e. The monoisotopic (exact) mass is 462 g/mol. The molecule has 129 valence electrons. The number of fused-ring (bicyclic) bond motifs is 1. The molecule has 0 heterocycles. The fraction of sp³-hybridized carbons (Fsp3) is 0.364. The molecular weight excluding hydrogens is 436 g/mol. The SMILES string of the molecule is C[CH-]Cc1[c-]cc2c(c1-c1cc[c-]cc1)CCCCC2.[CH2-]C.[Ho].[Li+]. The van der Waals surface area contributed by atoms with Crippen LogP contribution in [0.25, 0.3) is 11.1 Å². The molecule has 0 saturated heterocycles. The third kappa shape index (κ3) is 6.23. The Bertz CT molecular complexity index is 578. The summed E-state index contributed by atoms with van der Waals surface area (Å²) >= 11 is 0. The largest absolute Gasteiger partial charge is 1.00 e. The standard InChI is InChI=1S/C20H21.C2H5.Ho.Li/c1-2-9-17-15-14-16-10-5-4-8-13-19(16)20(17)18-11-6-3-7-12-18;1-2;;/h2,6-7,11-12,14H,4-5,8-10,13H2,1H3;1H2,2H3;;/q-3;-1;;+1.